The zero-order chi connectivity index (χ0) is 14.1. The van der Waals surface area contributed by atoms with Crippen LogP contribution in [0.3, 0.4) is 0 Å². The first kappa shape index (κ1) is 14.2. The molecule has 0 saturated heterocycles. The Bertz CT molecular complexity index is 446. The van der Waals surface area contributed by atoms with E-state index in [1.165, 1.54) is 0 Å². The molecule has 100 valence electrons. The molecule has 8 heteroatoms. The van der Waals surface area contributed by atoms with Crippen molar-refractivity contribution in [1.82, 2.24) is 0 Å². The average Bonchev–Trinajstić information content (AvgIpc) is 2.12. The molecule has 0 atom stereocenters. The Kier molecular flexibility index (Phi) is 3.78. The molecular weight excluding hydrogens is 257 g/mol. The van der Waals surface area contributed by atoms with E-state index in [4.69, 9.17) is 11.1 Å². The number of anilines is 1. The highest BCUT2D eigenvalue weighted by Crippen LogP contribution is 2.27. The number of amidine groups is 1. The van der Waals surface area contributed by atoms with E-state index in [-0.39, 0.29) is 5.56 Å². The van der Waals surface area contributed by atoms with Crippen LogP contribution in [0, 0.1) is 17.0 Å². The van der Waals surface area contributed by atoms with Gasteiger partial charge in [0, 0.05) is 12.6 Å². The Morgan fingerprint density at radius 1 is 1.28 bits per heavy atom. The smallest absolute Gasteiger partial charge is 0.384 e. The second-order valence-corrected chi connectivity index (χ2v) is 3.67. The van der Waals surface area contributed by atoms with Crippen LogP contribution in [0.4, 0.5) is 27.6 Å². The fourth-order valence-electron chi connectivity index (χ4n) is 1.43. The molecule has 1 rings (SSSR count). The van der Waals surface area contributed by atoms with Crippen LogP contribution in [0.5, 0.6) is 0 Å². The normalized spacial score (nSPS) is 11.4. The average molecular weight is 267 g/mol. The minimum absolute atomic E-state index is 0.228. The van der Waals surface area contributed by atoms with Gasteiger partial charge in [-0.3, -0.25) is 5.41 Å². The van der Waals surface area contributed by atoms with Gasteiger partial charge in [-0.05, 0) is 12.1 Å². The van der Waals surface area contributed by atoms with Crippen molar-refractivity contribution < 1.29 is 22.0 Å². The molecule has 0 aliphatic heterocycles. The van der Waals surface area contributed by atoms with Gasteiger partial charge in [-0.1, -0.05) is 0 Å². The second-order valence-electron chi connectivity index (χ2n) is 3.67. The fraction of sp³-hybridized carbons (Fsp3) is 0.300. The lowest BCUT2D eigenvalue weighted by Crippen LogP contribution is -2.32. The van der Waals surface area contributed by atoms with Crippen molar-refractivity contribution in [3.63, 3.8) is 0 Å². The number of alkyl halides is 3. The predicted molar refractivity (Wildman–Crippen MR) is 56.7 cm³/mol. The van der Waals surface area contributed by atoms with Gasteiger partial charge in [-0.15, -0.1) is 0 Å². The number of nitrogens with two attached hydrogens (primary N) is 1. The van der Waals surface area contributed by atoms with Crippen LogP contribution in [0.2, 0.25) is 0 Å². The number of hydrogen-bond acceptors (Lipinski definition) is 2. The summed E-state index contributed by atoms with van der Waals surface area (Å²) >= 11 is 0. The molecule has 0 aliphatic rings. The van der Waals surface area contributed by atoms with Crippen molar-refractivity contribution >= 4 is 11.5 Å². The molecule has 0 unspecified atom stereocenters. The summed E-state index contributed by atoms with van der Waals surface area (Å²) in [5.41, 5.74) is 4.00. The van der Waals surface area contributed by atoms with Crippen molar-refractivity contribution in [2.45, 2.75) is 6.18 Å². The van der Waals surface area contributed by atoms with E-state index >= 15 is 0 Å². The summed E-state index contributed by atoms with van der Waals surface area (Å²) in [6.45, 7) is -1.49. The molecule has 1 aromatic rings. The van der Waals surface area contributed by atoms with Crippen LogP contribution in [-0.4, -0.2) is 25.6 Å². The first-order valence-corrected chi connectivity index (χ1v) is 4.73. The van der Waals surface area contributed by atoms with E-state index in [1.54, 1.807) is 0 Å². The van der Waals surface area contributed by atoms with Crippen molar-refractivity contribution in [2.24, 2.45) is 5.73 Å². The number of hydrogen-bond donors (Lipinski definition) is 2. The Labute approximate surface area is 99.5 Å². The first-order valence-electron chi connectivity index (χ1n) is 4.73. The van der Waals surface area contributed by atoms with Gasteiger partial charge in [-0.2, -0.15) is 13.2 Å². The molecule has 3 nitrogen and oxygen atoms in total. The summed E-state index contributed by atoms with van der Waals surface area (Å²) in [5, 5.41) is 7.00. The zero-order valence-electron chi connectivity index (χ0n) is 9.28. The van der Waals surface area contributed by atoms with Crippen LogP contribution in [0.1, 0.15) is 5.56 Å². The fourth-order valence-corrected chi connectivity index (χ4v) is 1.43. The first-order chi connectivity index (χ1) is 8.11. The highest BCUT2D eigenvalue weighted by molar-refractivity contribution is 5.95. The molecule has 0 radical (unpaired) electrons. The van der Waals surface area contributed by atoms with E-state index in [1.807, 2.05) is 0 Å². The van der Waals surface area contributed by atoms with Gasteiger partial charge in [-0.25, -0.2) is 8.78 Å². The summed E-state index contributed by atoms with van der Waals surface area (Å²) in [7, 11) is 0.919. The lowest BCUT2D eigenvalue weighted by Gasteiger charge is -2.22. The zero-order valence-corrected chi connectivity index (χ0v) is 9.28. The molecular formula is C10H10F5N3. The molecule has 0 amide bonds. The summed E-state index contributed by atoms with van der Waals surface area (Å²) < 4.78 is 63.4. The lowest BCUT2D eigenvalue weighted by molar-refractivity contribution is -0.119. The predicted octanol–water partition coefficient (Wildman–Crippen LogP) is 2.25. The van der Waals surface area contributed by atoms with Gasteiger partial charge in [0.25, 0.3) is 0 Å². The molecule has 0 heterocycles. The number of nitrogens with one attached hydrogen (secondary N) is 1. The maximum atomic E-state index is 13.5. The number of halogens is 5. The van der Waals surface area contributed by atoms with Crippen molar-refractivity contribution in [1.29, 1.82) is 5.41 Å². The van der Waals surface area contributed by atoms with Crippen molar-refractivity contribution in [3.8, 4) is 0 Å². The monoisotopic (exact) mass is 267 g/mol. The minimum atomic E-state index is -4.58. The van der Waals surface area contributed by atoms with Gasteiger partial charge in [0.05, 0.1) is 0 Å². The molecule has 3 N–H and O–H groups in total. The third kappa shape index (κ3) is 3.31. The molecule has 0 bridgehead atoms. The van der Waals surface area contributed by atoms with Crippen molar-refractivity contribution in [2.75, 3.05) is 18.5 Å². The van der Waals surface area contributed by atoms with Gasteiger partial charge in [0.2, 0.25) is 0 Å². The summed E-state index contributed by atoms with van der Waals surface area (Å²) in [6, 6.07) is 1.43. The van der Waals surface area contributed by atoms with Crippen LogP contribution < -0.4 is 10.6 Å². The van der Waals surface area contributed by atoms with E-state index in [0.29, 0.717) is 17.0 Å². The van der Waals surface area contributed by atoms with Gasteiger partial charge >= 0.3 is 6.18 Å². The molecule has 0 aliphatic carbocycles. The highest BCUT2D eigenvalue weighted by atomic mass is 19.4. The largest absolute Gasteiger partial charge is 0.405 e. The summed E-state index contributed by atoms with van der Waals surface area (Å²) in [5.74, 6) is -2.98. The van der Waals surface area contributed by atoms with Gasteiger partial charge in [0.15, 0.2) is 0 Å². The van der Waals surface area contributed by atoms with Crippen LogP contribution >= 0.6 is 0 Å². The topological polar surface area (TPSA) is 53.1 Å². The summed E-state index contributed by atoms with van der Waals surface area (Å²) in [6.07, 6.45) is -4.58. The third-order valence-corrected chi connectivity index (χ3v) is 2.13. The molecule has 0 saturated carbocycles. The Morgan fingerprint density at radius 3 is 2.06 bits per heavy atom. The Hall–Kier alpha value is -1.86. The SMILES string of the molecule is CN(CC(F)(F)F)c1c(F)cc(C(=N)N)cc1F. The molecule has 1 aromatic carbocycles. The number of nitrogens with zero attached hydrogens (tertiary/aromatic N) is 1. The quantitative estimate of drug-likeness (QED) is 0.501. The number of rotatable bonds is 3. The Morgan fingerprint density at radius 2 is 1.72 bits per heavy atom. The lowest BCUT2D eigenvalue weighted by atomic mass is 10.1. The van der Waals surface area contributed by atoms with Crippen LogP contribution in [0.15, 0.2) is 12.1 Å². The van der Waals surface area contributed by atoms with Gasteiger partial charge < -0.3 is 10.6 Å². The van der Waals surface area contributed by atoms with Crippen LogP contribution in [-0.2, 0) is 0 Å². The summed E-state index contributed by atoms with van der Waals surface area (Å²) in [4.78, 5) is 0.411. The van der Waals surface area contributed by atoms with E-state index < -0.39 is 35.9 Å². The molecule has 0 spiro atoms. The standard InChI is InChI=1S/C10H10F5N3/c1-18(4-10(13,14)15)8-6(11)2-5(9(16)17)3-7(8)12/h2-3H,4H2,1H3,(H3,16,17). The van der Waals surface area contributed by atoms with E-state index in [2.05, 4.69) is 0 Å². The van der Waals surface area contributed by atoms with Gasteiger partial charge in [0.1, 0.15) is 29.7 Å². The highest BCUT2D eigenvalue weighted by Gasteiger charge is 2.31. The Balaban J connectivity index is 3.14. The minimum Gasteiger partial charge on any atom is -0.384 e. The van der Waals surface area contributed by atoms with Crippen molar-refractivity contribution in [3.05, 3.63) is 29.3 Å². The maximum Gasteiger partial charge on any atom is 0.405 e. The third-order valence-electron chi connectivity index (χ3n) is 2.13. The van der Waals surface area contributed by atoms with E-state index in [0.717, 1.165) is 7.05 Å². The maximum absolute atomic E-state index is 13.5. The molecule has 0 aromatic heterocycles. The second kappa shape index (κ2) is 4.79. The molecule has 0 fully saturated rings. The number of benzene rings is 1. The van der Waals surface area contributed by atoms with E-state index in [9.17, 15) is 22.0 Å². The van der Waals surface area contributed by atoms with Crippen LogP contribution in [0.25, 0.3) is 0 Å². The number of nitrogen functional groups attached to an aromatic ring is 1. The molecule has 18 heavy (non-hydrogen) atoms.